The second kappa shape index (κ2) is 10.1. The lowest BCUT2D eigenvalue weighted by molar-refractivity contribution is -0.188. The molecule has 2 heterocycles. The van der Waals surface area contributed by atoms with Crippen LogP contribution in [0, 0.1) is 0 Å². The summed E-state index contributed by atoms with van der Waals surface area (Å²) in [6.45, 7) is 11.8. The molecule has 0 N–H and O–H groups in total. The molecule has 1 aromatic carbocycles. The molecule has 2 aliphatic heterocycles. The van der Waals surface area contributed by atoms with Gasteiger partial charge in [0.05, 0.1) is 13.2 Å². The number of benzene rings is 1. The summed E-state index contributed by atoms with van der Waals surface area (Å²) in [6, 6.07) is 7.45. The van der Waals surface area contributed by atoms with Crippen LogP contribution in [0.3, 0.4) is 0 Å². The third kappa shape index (κ3) is 5.06. The minimum absolute atomic E-state index is 0.242. The standard InChI is InChI=1S/C17H22BrNO2.2C2H6/c18-15-3-1-14-12-16(4-2-13(14)11-15)19-7-5-17(6-8-19)20-9-10-21-17;2*1-2/h1,3,11,16H,2,4-10,12H2;2*1-2H3. The fourth-order valence-corrected chi connectivity index (χ4v) is 4.44. The van der Waals surface area contributed by atoms with Crippen LogP contribution in [0.5, 0.6) is 0 Å². The van der Waals surface area contributed by atoms with E-state index < -0.39 is 0 Å². The molecular weight excluding hydrogens is 378 g/mol. The lowest BCUT2D eigenvalue weighted by atomic mass is 9.86. The van der Waals surface area contributed by atoms with E-state index >= 15 is 0 Å². The summed E-state index contributed by atoms with van der Waals surface area (Å²) in [5, 5.41) is 0. The molecule has 4 rings (SSSR count). The summed E-state index contributed by atoms with van der Waals surface area (Å²) < 4.78 is 12.9. The third-order valence-corrected chi connectivity index (χ3v) is 5.75. The van der Waals surface area contributed by atoms with Gasteiger partial charge < -0.3 is 9.47 Å². The Morgan fingerprint density at radius 3 is 2.28 bits per heavy atom. The van der Waals surface area contributed by atoms with Gasteiger partial charge >= 0.3 is 0 Å². The Morgan fingerprint density at radius 2 is 1.64 bits per heavy atom. The molecule has 2 saturated heterocycles. The van der Waals surface area contributed by atoms with Crippen molar-refractivity contribution < 1.29 is 9.47 Å². The van der Waals surface area contributed by atoms with Gasteiger partial charge in [0.15, 0.2) is 5.79 Å². The van der Waals surface area contributed by atoms with Gasteiger partial charge in [0.25, 0.3) is 0 Å². The number of rotatable bonds is 1. The highest BCUT2D eigenvalue weighted by atomic mass is 79.9. The van der Waals surface area contributed by atoms with E-state index in [1.54, 1.807) is 0 Å². The number of nitrogens with zero attached hydrogens (tertiary/aromatic N) is 1. The fourth-order valence-electron chi connectivity index (χ4n) is 4.03. The first kappa shape index (κ1) is 20.9. The van der Waals surface area contributed by atoms with Crippen molar-refractivity contribution in [2.45, 2.75) is 71.6 Å². The van der Waals surface area contributed by atoms with Gasteiger partial charge in [0.1, 0.15) is 0 Å². The summed E-state index contributed by atoms with van der Waals surface area (Å²) in [5.74, 6) is -0.242. The normalized spacial score (nSPS) is 24.6. The monoisotopic (exact) mass is 411 g/mol. The van der Waals surface area contributed by atoms with E-state index in [0.717, 1.165) is 39.1 Å². The Labute approximate surface area is 162 Å². The molecule has 2 fully saturated rings. The average molecular weight is 412 g/mol. The first-order valence-electron chi connectivity index (χ1n) is 10.0. The molecule has 1 unspecified atom stereocenters. The molecule has 0 bridgehead atoms. The summed E-state index contributed by atoms with van der Waals surface area (Å²) in [6.07, 6.45) is 5.72. The maximum Gasteiger partial charge on any atom is 0.170 e. The Balaban J connectivity index is 0.000000528. The van der Waals surface area contributed by atoms with Crippen molar-refractivity contribution in [2.75, 3.05) is 26.3 Å². The molecule has 25 heavy (non-hydrogen) atoms. The molecule has 3 nitrogen and oxygen atoms in total. The van der Waals surface area contributed by atoms with Crippen molar-refractivity contribution in [1.29, 1.82) is 0 Å². The number of likely N-dealkylation sites (tertiary alicyclic amines) is 1. The van der Waals surface area contributed by atoms with Crippen molar-refractivity contribution >= 4 is 15.9 Å². The van der Waals surface area contributed by atoms with Gasteiger partial charge in [0, 0.05) is 36.4 Å². The number of hydrogen-bond donors (Lipinski definition) is 0. The molecule has 142 valence electrons. The number of aryl methyl sites for hydroxylation is 1. The van der Waals surface area contributed by atoms with Crippen molar-refractivity contribution in [2.24, 2.45) is 0 Å². The Bertz CT molecular complexity index is 519. The van der Waals surface area contributed by atoms with Crippen LogP contribution >= 0.6 is 15.9 Å². The lowest BCUT2D eigenvalue weighted by Crippen LogP contribution is -2.50. The first-order chi connectivity index (χ1) is 12.2. The van der Waals surface area contributed by atoms with E-state index in [1.165, 1.54) is 34.9 Å². The van der Waals surface area contributed by atoms with E-state index in [2.05, 4.69) is 39.0 Å². The van der Waals surface area contributed by atoms with Crippen LogP contribution in [-0.4, -0.2) is 43.0 Å². The van der Waals surface area contributed by atoms with E-state index in [0.29, 0.717) is 6.04 Å². The number of piperidine rings is 1. The maximum atomic E-state index is 5.83. The Morgan fingerprint density at radius 1 is 1.00 bits per heavy atom. The highest BCUT2D eigenvalue weighted by Gasteiger charge is 2.41. The summed E-state index contributed by atoms with van der Waals surface area (Å²) in [4.78, 5) is 2.65. The smallest absolute Gasteiger partial charge is 0.170 e. The second-order valence-electron chi connectivity index (χ2n) is 6.45. The van der Waals surface area contributed by atoms with Crippen LogP contribution in [0.15, 0.2) is 22.7 Å². The Kier molecular flexibility index (Phi) is 8.40. The van der Waals surface area contributed by atoms with Gasteiger partial charge in [-0.05, 0) is 42.5 Å². The van der Waals surface area contributed by atoms with E-state index in [-0.39, 0.29) is 5.79 Å². The van der Waals surface area contributed by atoms with Gasteiger partial charge in [-0.1, -0.05) is 49.7 Å². The number of halogens is 1. The minimum Gasteiger partial charge on any atom is -0.347 e. The molecule has 0 amide bonds. The molecule has 1 aromatic rings. The van der Waals surface area contributed by atoms with Gasteiger partial charge in [0.2, 0.25) is 0 Å². The number of ether oxygens (including phenoxy) is 2. The van der Waals surface area contributed by atoms with Crippen molar-refractivity contribution in [3.63, 3.8) is 0 Å². The zero-order valence-corrected chi connectivity index (χ0v) is 17.9. The highest BCUT2D eigenvalue weighted by Crippen LogP contribution is 2.34. The summed E-state index contributed by atoms with van der Waals surface area (Å²) >= 11 is 3.58. The van der Waals surface area contributed by atoms with Crippen LogP contribution in [0.25, 0.3) is 0 Å². The minimum atomic E-state index is -0.242. The summed E-state index contributed by atoms with van der Waals surface area (Å²) in [7, 11) is 0. The van der Waals surface area contributed by atoms with Crippen LogP contribution in [0.4, 0.5) is 0 Å². The number of fused-ring (bicyclic) bond motifs is 1. The highest BCUT2D eigenvalue weighted by molar-refractivity contribution is 9.10. The Hall–Kier alpha value is -0.420. The largest absolute Gasteiger partial charge is 0.347 e. The fraction of sp³-hybridized carbons (Fsp3) is 0.714. The molecule has 0 aromatic heterocycles. The average Bonchev–Trinajstić information content (AvgIpc) is 3.13. The molecule has 4 heteroatoms. The molecule has 1 aliphatic carbocycles. The van der Waals surface area contributed by atoms with Crippen LogP contribution < -0.4 is 0 Å². The molecule has 3 aliphatic rings. The zero-order valence-electron chi connectivity index (χ0n) is 16.3. The van der Waals surface area contributed by atoms with Gasteiger partial charge in [-0.3, -0.25) is 4.90 Å². The van der Waals surface area contributed by atoms with E-state index in [1.807, 2.05) is 27.7 Å². The molecule has 0 saturated carbocycles. The van der Waals surface area contributed by atoms with Crippen LogP contribution in [-0.2, 0) is 22.3 Å². The topological polar surface area (TPSA) is 21.7 Å². The number of hydrogen-bond acceptors (Lipinski definition) is 3. The second-order valence-corrected chi connectivity index (χ2v) is 7.37. The van der Waals surface area contributed by atoms with Crippen molar-refractivity contribution in [1.82, 2.24) is 4.90 Å². The molecular formula is C21H34BrNO2. The predicted molar refractivity (Wildman–Crippen MR) is 108 cm³/mol. The first-order valence-corrected chi connectivity index (χ1v) is 10.8. The predicted octanol–water partition coefficient (Wildman–Crippen LogP) is 5.20. The van der Waals surface area contributed by atoms with Gasteiger partial charge in [-0.15, -0.1) is 0 Å². The SMILES string of the molecule is Brc1ccc2c(c1)CCC(N1CCC3(CC1)OCCO3)C2.CC.CC. The lowest BCUT2D eigenvalue weighted by Gasteiger charge is -2.42. The summed E-state index contributed by atoms with van der Waals surface area (Å²) in [5.41, 5.74) is 3.06. The molecule has 0 radical (unpaired) electrons. The van der Waals surface area contributed by atoms with E-state index in [4.69, 9.17) is 9.47 Å². The van der Waals surface area contributed by atoms with Crippen LogP contribution in [0.2, 0.25) is 0 Å². The van der Waals surface area contributed by atoms with Crippen molar-refractivity contribution in [3.8, 4) is 0 Å². The van der Waals surface area contributed by atoms with E-state index in [9.17, 15) is 0 Å². The quantitative estimate of drug-likeness (QED) is 0.633. The molecule has 1 spiro atoms. The van der Waals surface area contributed by atoms with Gasteiger partial charge in [-0.25, -0.2) is 0 Å². The van der Waals surface area contributed by atoms with Crippen LogP contribution in [0.1, 0.15) is 58.1 Å². The van der Waals surface area contributed by atoms with Gasteiger partial charge in [-0.2, -0.15) is 0 Å². The third-order valence-electron chi connectivity index (χ3n) is 5.26. The van der Waals surface area contributed by atoms with Crippen molar-refractivity contribution in [3.05, 3.63) is 33.8 Å². The zero-order chi connectivity index (χ0) is 18.3. The molecule has 1 atom stereocenters. The maximum absolute atomic E-state index is 5.83.